The van der Waals surface area contributed by atoms with Crippen molar-refractivity contribution in [2.24, 2.45) is 0 Å². The number of benzene rings is 6. The highest BCUT2D eigenvalue weighted by Gasteiger charge is 2.16. The smallest absolute Gasteiger partial charge is 0.164 e. The van der Waals surface area contributed by atoms with Gasteiger partial charge in [0.2, 0.25) is 0 Å². The maximum atomic E-state index is 5.23. The number of hydrogen-bond donors (Lipinski definition) is 0. The van der Waals surface area contributed by atoms with Crippen LogP contribution >= 0.6 is 11.3 Å². The van der Waals surface area contributed by atoms with Gasteiger partial charge in [0.1, 0.15) is 0 Å². The summed E-state index contributed by atoms with van der Waals surface area (Å²) in [6.45, 7) is 2.19. The SMILES string of the molecule is Cc1cc(-n2c3ccccc3c3ccccc32)cc(-c2nc(-c3ccccc3)nc(-c3cccc(-c4ccccc4)c3)n2)csc2ccccc12. The predicted molar refractivity (Wildman–Crippen MR) is 214 cm³/mol. The quantitative estimate of drug-likeness (QED) is 0.183. The molecule has 3 heterocycles. The number of hydrogen-bond acceptors (Lipinski definition) is 4. The van der Waals surface area contributed by atoms with Crippen molar-refractivity contribution < 1.29 is 0 Å². The number of aromatic nitrogens is 4. The molecular formula is C46H32N4S. The molecule has 0 aliphatic rings. The molecule has 4 nitrogen and oxygen atoms in total. The third-order valence-corrected chi connectivity index (χ3v) is 10.3. The van der Waals surface area contributed by atoms with Crippen LogP contribution in [0.2, 0.25) is 0 Å². The first kappa shape index (κ1) is 30.6. The fourth-order valence-corrected chi connectivity index (χ4v) is 7.76. The van der Waals surface area contributed by atoms with Gasteiger partial charge in [-0.2, -0.15) is 0 Å². The molecule has 0 bridgehead atoms. The van der Waals surface area contributed by atoms with Crippen molar-refractivity contribution in [3.63, 3.8) is 0 Å². The van der Waals surface area contributed by atoms with E-state index in [1.54, 1.807) is 11.3 Å². The van der Waals surface area contributed by atoms with Crippen LogP contribution < -0.4 is 0 Å². The predicted octanol–water partition coefficient (Wildman–Crippen LogP) is 12.3. The molecule has 0 saturated carbocycles. The lowest BCUT2D eigenvalue weighted by Gasteiger charge is -2.11. The number of nitrogens with zero attached hydrogens (tertiary/aromatic N) is 4. The minimum atomic E-state index is 0.611. The summed E-state index contributed by atoms with van der Waals surface area (Å²) < 4.78 is 3.54. The normalized spacial score (nSPS) is 11.2. The molecule has 242 valence electrons. The van der Waals surface area contributed by atoms with Gasteiger partial charge < -0.3 is 4.57 Å². The monoisotopic (exact) mass is 672 g/mol. The molecule has 0 saturated heterocycles. The molecule has 9 aromatic rings. The fraction of sp³-hybridized carbons (Fsp3) is 0.0217. The number of aryl methyl sites for hydroxylation is 1. The average Bonchev–Trinajstić information content (AvgIpc) is 3.56. The van der Waals surface area contributed by atoms with Gasteiger partial charge in [-0.05, 0) is 65.4 Å². The Hall–Kier alpha value is -6.43. The largest absolute Gasteiger partial charge is 0.309 e. The molecule has 51 heavy (non-hydrogen) atoms. The fourth-order valence-electron chi connectivity index (χ4n) is 6.82. The lowest BCUT2D eigenvalue weighted by molar-refractivity contribution is 1.07. The lowest BCUT2D eigenvalue weighted by Crippen LogP contribution is -2.00. The Morgan fingerprint density at radius 3 is 1.61 bits per heavy atom. The maximum absolute atomic E-state index is 5.23. The zero-order valence-corrected chi connectivity index (χ0v) is 28.8. The number of para-hydroxylation sites is 2. The van der Waals surface area contributed by atoms with E-state index in [4.69, 9.17) is 15.0 Å². The molecule has 5 heteroatoms. The van der Waals surface area contributed by atoms with Gasteiger partial charge in [-0.25, -0.2) is 15.0 Å². The Kier molecular flexibility index (Phi) is 7.88. The third kappa shape index (κ3) is 5.84. The standard InChI is InChI=1S/C46H32N4S/c1-31-27-37(50-41-24-11-8-22-39(41)40-23-9-12-25-42(40)50)29-36(30-51-43-26-13-10-21-38(31)43)46-48-44(33-17-6-3-7-18-33)47-45(49-46)35-20-14-19-34(28-35)32-15-4-2-5-16-32/h2-30H,1H3. The minimum absolute atomic E-state index is 0.611. The second kappa shape index (κ2) is 13.1. The van der Waals surface area contributed by atoms with Crippen LogP contribution in [0.3, 0.4) is 0 Å². The van der Waals surface area contributed by atoms with Gasteiger partial charge in [0.05, 0.1) is 11.0 Å². The van der Waals surface area contributed by atoms with Crippen LogP contribution in [0.4, 0.5) is 0 Å². The van der Waals surface area contributed by atoms with Crippen molar-refractivity contribution in [2.75, 3.05) is 0 Å². The van der Waals surface area contributed by atoms with Gasteiger partial charge in [-0.15, -0.1) is 11.3 Å². The van der Waals surface area contributed by atoms with E-state index in [2.05, 4.69) is 162 Å². The summed E-state index contributed by atoms with van der Waals surface area (Å²) in [5, 5.41) is 5.82. The van der Waals surface area contributed by atoms with Crippen molar-refractivity contribution in [2.45, 2.75) is 6.92 Å². The Morgan fingerprint density at radius 1 is 0.412 bits per heavy atom. The molecule has 9 rings (SSSR count). The van der Waals surface area contributed by atoms with Crippen molar-refractivity contribution >= 4 is 43.2 Å². The number of fused-ring (bicyclic) bond motifs is 4. The minimum Gasteiger partial charge on any atom is -0.309 e. The van der Waals surface area contributed by atoms with Crippen LogP contribution in [0, 0.1) is 6.92 Å². The van der Waals surface area contributed by atoms with Gasteiger partial charge >= 0.3 is 0 Å². The van der Waals surface area contributed by atoms with E-state index in [0.717, 1.165) is 44.5 Å². The van der Waals surface area contributed by atoms with Crippen LogP contribution in [0.1, 0.15) is 5.56 Å². The van der Waals surface area contributed by atoms with Gasteiger partial charge in [0.25, 0.3) is 0 Å². The van der Waals surface area contributed by atoms with Crippen LogP contribution in [-0.2, 0) is 0 Å². The molecule has 0 aliphatic carbocycles. The topological polar surface area (TPSA) is 43.6 Å². The summed E-state index contributed by atoms with van der Waals surface area (Å²) in [4.78, 5) is 15.5. The van der Waals surface area contributed by atoms with E-state index in [0.29, 0.717) is 17.5 Å². The maximum Gasteiger partial charge on any atom is 0.164 e. The van der Waals surface area contributed by atoms with Crippen molar-refractivity contribution in [3.05, 3.63) is 181 Å². The zero-order chi connectivity index (χ0) is 34.1. The molecule has 6 aromatic carbocycles. The van der Waals surface area contributed by atoms with Crippen LogP contribution in [-0.4, -0.2) is 19.5 Å². The molecule has 0 aliphatic heterocycles. The first-order chi connectivity index (χ1) is 25.2. The van der Waals surface area contributed by atoms with Crippen molar-refractivity contribution in [1.82, 2.24) is 19.5 Å². The van der Waals surface area contributed by atoms with E-state index in [1.165, 1.54) is 26.4 Å². The molecule has 0 spiro atoms. The first-order valence-electron chi connectivity index (χ1n) is 17.0. The zero-order valence-electron chi connectivity index (χ0n) is 27.9. The summed E-state index contributed by atoms with van der Waals surface area (Å²) >= 11 is 1.70. The molecule has 3 aromatic heterocycles. The Morgan fingerprint density at radius 2 is 0.922 bits per heavy atom. The van der Waals surface area contributed by atoms with Gasteiger partial charge in [-0.3, -0.25) is 0 Å². The first-order valence-corrected chi connectivity index (χ1v) is 17.9. The molecule has 0 N–H and O–H groups in total. The number of rotatable bonds is 5. The summed E-state index contributed by atoms with van der Waals surface area (Å²) in [5.74, 6) is 1.87. The van der Waals surface area contributed by atoms with Gasteiger partial charge in [-0.1, -0.05) is 133 Å². The summed E-state index contributed by atoms with van der Waals surface area (Å²) in [6.07, 6.45) is 0. The molecule has 0 unspecified atom stereocenters. The summed E-state index contributed by atoms with van der Waals surface area (Å²) in [7, 11) is 0. The highest BCUT2D eigenvalue weighted by atomic mass is 32.1. The highest BCUT2D eigenvalue weighted by molar-refractivity contribution is 7.16. The molecule has 0 radical (unpaired) electrons. The third-order valence-electron chi connectivity index (χ3n) is 9.28. The highest BCUT2D eigenvalue weighted by Crippen LogP contribution is 2.35. The van der Waals surface area contributed by atoms with Crippen molar-refractivity contribution in [3.8, 4) is 51.0 Å². The van der Waals surface area contributed by atoms with E-state index in [-0.39, 0.29) is 0 Å². The Bertz CT molecular complexity index is 2710. The summed E-state index contributed by atoms with van der Waals surface area (Å²) in [5.41, 5.74) is 9.53. The second-order valence-electron chi connectivity index (χ2n) is 12.6. The Labute approximate surface area is 300 Å². The molecule has 0 atom stereocenters. The van der Waals surface area contributed by atoms with E-state index >= 15 is 0 Å². The van der Waals surface area contributed by atoms with Crippen molar-refractivity contribution in [1.29, 1.82) is 0 Å². The van der Waals surface area contributed by atoms with Crippen LogP contribution in [0.25, 0.3) is 82.9 Å². The molecule has 0 amide bonds. The second-order valence-corrected chi connectivity index (χ2v) is 13.5. The van der Waals surface area contributed by atoms with Crippen LogP contribution in [0.15, 0.2) is 175 Å². The van der Waals surface area contributed by atoms with E-state index in [9.17, 15) is 0 Å². The molecule has 0 fully saturated rings. The molecular weight excluding hydrogens is 641 g/mol. The Balaban J connectivity index is 1.34. The van der Waals surface area contributed by atoms with Gasteiger partial charge in [0, 0.05) is 43.2 Å². The average molecular weight is 673 g/mol. The van der Waals surface area contributed by atoms with Crippen LogP contribution in [0.5, 0.6) is 0 Å². The van der Waals surface area contributed by atoms with Gasteiger partial charge in [0.15, 0.2) is 17.5 Å². The van der Waals surface area contributed by atoms with E-state index < -0.39 is 0 Å². The summed E-state index contributed by atoms with van der Waals surface area (Å²) in [6, 6.07) is 59.4. The lowest BCUT2D eigenvalue weighted by atomic mass is 10.0. The van der Waals surface area contributed by atoms with E-state index in [1.807, 2.05) is 24.3 Å².